The predicted octanol–water partition coefficient (Wildman–Crippen LogP) is 4.26. The summed E-state index contributed by atoms with van der Waals surface area (Å²) < 4.78 is 50.3. The Bertz CT molecular complexity index is 1470. The predicted molar refractivity (Wildman–Crippen MR) is 173 cm³/mol. The van der Waals surface area contributed by atoms with Crippen molar-refractivity contribution in [2.24, 2.45) is 5.92 Å². The van der Waals surface area contributed by atoms with Crippen molar-refractivity contribution in [3.8, 4) is 5.75 Å². The number of carbonyl (C=O) groups is 2. The molecule has 2 aromatic rings. The minimum absolute atomic E-state index is 0.0172. The average Bonchev–Trinajstić information content (AvgIpc) is 3.88. The molecule has 6 rings (SSSR count). The molecule has 2 saturated carbocycles. The molecule has 0 atom stereocenters. The highest BCUT2D eigenvalue weighted by atomic mass is 19.3. The Morgan fingerprint density at radius 2 is 1.79 bits per heavy atom. The van der Waals surface area contributed by atoms with Gasteiger partial charge in [0.2, 0.25) is 5.95 Å². The number of nitrogens with zero attached hydrogens (tertiary/aromatic N) is 6. The summed E-state index contributed by atoms with van der Waals surface area (Å²) in [5, 5.41) is 5.92. The molecule has 256 valence electrons. The molecule has 14 heteroatoms. The number of methoxy groups -OCH3 is 1. The zero-order valence-corrected chi connectivity index (χ0v) is 27.6. The lowest BCUT2D eigenvalue weighted by Crippen LogP contribution is -2.52. The summed E-state index contributed by atoms with van der Waals surface area (Å²) in [4.78, 5) is 41.6. The molecule has 2 amide bonds. The van der Waals surface area contributed by atoms with Gasteiger partial charge in [-0.1, -0.05) is 0 Å². The average molecular weight is 659 g/mol. The number of ether oxygens (including phenoxy) is 1. The standard InChI is InChI=1S/C33H45F3N8O3/c1-20(2)44-19-33(35,36)31(46)41(3)27-17-37-32(40-29(27)44)39-26-16-25(34)24(15-28(26)47-4)30(45)38-22-7-9-23(10-8-22)43-13-11-42(12-14-43)18-21-5-6-21/h15-17,20-23H,5-14,18-19H2,1-4H3,(H,38,45)(H,37,39,40)/t22-,23-. The van der Waals surface area contributed by atoms with Gasteiger partial charge >= 0.3 is 5.92 Å². The van der Waals surface area contributed by atoms with Gasteiger partial charge in [0.05, 0.1) is 31.1 Å². The number of aromatic nitrogens is 2. The lowest BCUT2D eigenvalue weighted by atomic mass is 9.89. The Balaban J connectivity index is 1.09. The quantitative estimate of drug-likeness (QED) is 0.409. The molecule has 47 heavy (non-hydrogen) atoms. The van der Waals surface area contributed by atoms with E-state index >= 15 is 4.39 Å². The molecule has 1 saturated heterocycles. The normalized spacial score (nSPS) is 23.8. The van der Waals surface area contributed by atoms with Crippen LogP contribution in [-0.2, 0) is 4.79 Å². The van der Waals surface area contributed by atoms with Crippen molar-refractivity contribution >= 4 is 35.0 Å². The van der Waals surface area contributed by atoms with Crippen molar-refractivity contribution in [1.29, 1.82) is 0 Å². The largest absolute Gasteiger partial charge is 0.495 e. The van der Waals surface area contributed by atoms with Gasteiger partial charge in [-0.05, 0) is 64.4 Å². The number of hydrogen-bond donors (Lipinski definition) is 2. The van der Waals surface area contributed by atoms with Crippen LogP contribution in [0.2, 0.25) is 0 Å². The summed E-state index contributed by atoms with van der Waals surface area (Å²) >= 11 is 0. The second-order valence-electron chi connectivity index (χ2n) is 13.6. The molecule has 3 heterocycles. The van der Waals surface area contributed by atoms with Crippen molar-refractivity contribution in [2.45, 2.75) is 76.4 Å². The molecular weight excluding hydrogens is 613 g/mol. The van der Waals surface area contributed by atoms with Crippen LogP contribution in [0.3, 0.4) is 0 Å². The first-order valence-electron chi connectivity index (χ1n) is 16.6. The smallest absolute Gasteiger partial charge is 0.342 e. The van der Waals surface area contributed by atoms with Crippen molar-refractivity contribution in [2.75, 3.05) is 68.5 Å². The Labute approximate surface area is 273 Å². The fraction of sp³-hybridized carbons (Fsp3) is 0.636. The van der Waals surface area contributed by atoms with E-state index in [4.69, 9.17) is 4.74 Å². The fourth-order valence-electron chi connectivity index (χ4n) is 6.95. The first kappa shape index (κ1) is 33.3. The minimum atomic E-state index is -3.62. The number of benzene rings is 1. The number of alkyl halides is 2. The number of nitrogens with one attached hydrogen (secondary N) is 2. The zero-order chi connectivity index (χ0) is 33.5. The molecule has 11 nitrogen and oxygen atoms in total. The zero-order valence-electron chi connectivity index (χ0n) is 27.6. The fourth-order valence-corrected chi connectivity index (χ4v) is 6.95. The maximum Gasteiger partial charge on any atom is 0.342 e. The third kappa shape index (κ3) is 7.28. The lowest BCUT2D eigenvalue weighted by molar-refractivity contribution is -0.140. The molecule has 1 aromatic heterocycles. The van der Waals surface area contributed by atoms with Crippen LogP contribution < -0.4 is 25.2 Å². The lowest BCUT2D eigenvalue weighted by Gasteiger charge is -2.42. The van der Waals surface area contributed by atoms with Gasteiger partial charge < -0.3 is 30.1 Å². The van der Waals surface area contributed by atoms with Crippen LogP contribution in [0.1, 0.15) is 62.7 Å². The van der Waals surface area contributed by atoms with Crippen LogP contribution in [0.4, 0.5) is 36.3 Å². The Kier molecular flexibility index (Phi) is 9.52. The SMILES string of the molecule is COc1cc(C(=O)N[C@H]2CC[C@H](N3CCN(CC4CC4)CC3)CC2)c(F)cc1Nc1ncc2c(n1)N(C(C)C)CC(F)(F)C(=O)N2C. The van der Waals surface area contributed by atoms with Crippen molar-refractivity contribution < 1.29 is 27.5 Å². The third-order valence-electron chi connectivity index (χ3n) is 9.94. The molecule has 0 bridgehead atoms. The number of hydrogen-bond acceptors (Lipinski definition) is 9. The summed E-state index contributed by atoms with van der Waals surface area (Å²) in [5.74, 6) is -5.03. The van der Waals surface area contributed by atoms with Gasteiger partial charge in [0.25, 0.3) is 11.8 Å². The van der Waals surface area contributed by atoms with Gasteiger partial charge in [-0.15, -0.1) is 0 Å². The maximum atomic E-state index is 15.4. The third-order valence-corrected chi connectivity index (χ3v) is 9.94. The van der Waals surface area contributed by atoms with E-state index in [1.807, 2.05) is 0 Å². The highest BCUT2D eigenvalue weighted by molar-refractivity contribution is 6.02. The summed E-state index contributed by atoms with van der Waals surface area (Å²) in [6, 6.07) is 2.54. The number of anilines is 4. The van der Waals surface area contributed by atoms with E-state index in [0.29, 0.717) is 6.04 Å². The number of amides is 2. The number of piperazine rings is 1. The highest BCUT2D eigenvalue weighted by Gasteiger charge is 2.47. The molecule has 1 aromatic carbocycles. The molecule has 0 spiro atoms. The van der Waals surface area contributed by atoms with Gasteiger partial charge in [-0.2, -0.15) is 13.8 Å². The van der Waals surface area contributed by atoms with E-state index < -0.39 is 36.1 Å². The second kappa shape index (κ2) is 13.5. The van der Waals surface area contributed by atoms with Gasteiger partial charge in [-0.25, -0.2) is 9.37 Å². The van der Waals surface area contributed by atoms with E-state index in [1.165, 1.54) is 50.7 Å². The van der Waals surface area contributed by atoms with Crippen LogP contribution in [0.15, 0.2) is 18.3 Å². The molecule has 0 unspecified atom stereocenters. The maximum absolute atomic E-state index is 15.4. The highest BCUT2D eigenvalue weighted by Crippen LogP contribution is 2.38. The van der Waals surface area contributed by atoms with E-state index in [0.717, 1.165) is 68.7 Å². The topological polar surface area (TPSA) is 106 Å². The Morgan fingerprint density at radius 1 is 1.09 bits per heavy atom. The molecule has 2 aliphatic carbocycles. The number of carbonyl (C=O) groups excluding carboxylic acids is 2. The van der Waals surface area contributed by atoms with Crippen LogP contribution in [-0.4, -0.2) is 109 Å². The molecule has 4 aliphatic rings. The van der Waals surface area contributed by atoms with Crippen molar-refractivity contribution in [3.63, 3.8) is 0 Å². The number of rotatable bonds is 9. The van der Waals surface area contributed by atoms with Crippen LogP contribution in [0.5, 0.6) is 5.75 Å². The first-order chi connectivity index (χ1) is 22.4. The van der Waals surface area contributed by atoms with Gasteiger partial charge in [0.15, 0.2) is 5.82 Å². The summed E-state index contributed by atoms with van der Waals surface area (Å²) in [5.41, 5.74) is 0.133. The first-order valence-corrected chi connectivity index (χ1v) is 16.6. The monoisotopic (exact) mass is 658 g/mol. The van der Waals surface area contributed by atoms with Crippen molar-refractivity contribution in [3.05, 3.63) is 29.7 Å². The minimum Gasteiger partial charge on any atom is -0.495 e. The van der Waals surface area contributed by atoms with Crippen LogP contribution in [0.25, 0.3) is 0 Å². The van der Waals surface area contributed by atoms with Crippen molar-refractivity contribution in [1.82, 2.24) is 25.1 Å². The van der Waals surface area contributed by atoms with E-state index in [1.54, 1.807) is 13.8 Å². The molecule has 0 radical (unpaired) electrons. The molecule has 2 N–H and O–H groups in total. The number of fused-ring (bicyclic) bond motifs is 1. The van der Waals surface area contributed by atoms with E-state index in [-0.39, 0.29) is 40.5 Å². The summed E-state index contributed by atoms with van der Waals surface area (Å²) in [6.45, 7) is 8.29. The summed E-state index contributed by atoms with van der Waals surface area (Å²) in [7, 11) is 2.65. The molecule has 3 fully saturated rings. The summed E-state index contributed by atoms with van der Waals surface area (Å²) in [6.07, 6.45) is 7.71. The van der Waals surface area contributed by atoms with Crippen LogP contribution in [0, 0.1) is 11.7 Å². The van der Waals surface area contributed by atoms with E-state index in [2.05, 4.69) is 30.4 Å². The number of halogens is 3. The second-order valence-corrected chi connectivity index (χ2v) is 13.6. The van der Waals surface area contributed by atoms with E-state index in [9.17, 15) is 18.4 Å². The Hall–Kier alpha value is -3.65. The van der Waals surface area contributed by atoms with Gasteiger partial charge in [-0.3, -0.25) is 14.5 Å². The van der Waals surface area contributed by atoms with Gasteiger partial charge in [0.1, 0.15) is 17.3 Å². The molecule has 2 aliphatic heterocycles. The van der Waals surface area contributed by atoms with Gasteiger partial charge in [0, 0.05) is 64.0 Å². The van der Waals surface area contributed by atoms with Crippen LogP contribution >= 0.6 is 0 Å². The molecular formula is C33H45F3N8O3. The Morgan fingerprint density at radius 3 is 2.43 bits per heavy atom.